The Bertz CT molecular complexity index is 396. The molecule has 0 amide bonds. The van der Waals surface area contributed by atoms with E-state index in [1.165, 1.54) is 22.2 Å². The summed E-state index contributed by atoms with van der Waals surface area (Å²) in [7, 11) is 2.10. The minimum absolute atomic E-state index is 0.632. The molecule has 2 rings (SSSR count). The predicted molar refractivity (Wildman–Crippen MR) is 84.2 cm³/mol. The molecule has 1 N–H and O–H groups in total. The maximum absolute atomic E-state index is 3.55. The number of thioether (sulfide) groups is 1. The normalized spacial score (nSPS) is 32.4. The number of hydrogen-bond acceptors (Lipinski definition) is 2. The molecule has 1 aromatic rings. The van der Waals surface area contributed by atoms with Crippen LogP contribution in [0.4, 0.5) is 0 Å². The lowest BCUT2D eigenvalue weighted by molar-refractivity contribution is 0.257. The van der Waals surface area contributed by atoms with Crippen LogP contribution in [0.5, 0.6) is 0 Å². The first kappa shape index (κ1) is 14.4. The summed E-state index contributed by atoms with van der Waals surface area (Å²) in [6.07, 6.45) is 2.65. The van der Waals surface area contributed by atoms with Crippen LogP contribution >= 0.6 is 27.7 Å². The van der Waals surface area contributed by atoms with Crippen LogP contribution in [0.2, 0.25) is 0 Å². The lowest BCUT2D eigenvalue weighted by atomic mass is 9.80. The van der Waals surface area contributed by atoms with Gasteiger partial charge in [0, 0.05) is 20.7 Å². The van der Waals surface area contributed by atoms with Crippen LogP contribution in [-0.4, -0.2) is 18.3 Å². The summed E-state index contributed by atoms with van der Waals surface area (Å²) in [4.78, 5) is 1.37. The summed E-state index contributed by atoms with van der Waals surface area (Å²) in [6.45, 7) is 4.77. The Labute approximate surface area is 123 Å². The highest BCUT2D eigenvalue weighted by atomic mass is 79.9. The van der Waals surface area contributed by atoms with Crippen molar-refractivity contribution in [3.63, 3.8) is 0 Å². The van der Waals surface area contributed by atoms with Crippen molar-refractivity contribution in [3.05, 3.63) is 28.7 Å². The van der Waals surface area contributed by atoms with Crippen molar-refractivity contribution < 1.29 is 0 Å². The maximum atomic E-state index is 3.55. The summed E-state index contributed by atoms with van der Waals surface area (Å²) in [5.41, 5.74) is 0. The van der Waals surface area contributed by atoms with E-state index in [4.69, 9.17) is 0 Å². The lowest BCUT2D eigenvalue weighted by Crippen LogP contribution is -2.44. The van der Waals surface area contributed by atoms with E-state index in [0.29, 0.717) is 11.3 Å². The van der Waals surface area contributed by atoms with Gasteiger partial charge in [-0.05, 0) is 49.9 Å². The molecule has 0 spiro atoms. The lowest BCUT2D eigenvalue weighted by Gasteiger charge is -2.39. The van der Waals surface area contributed by atoms with Gasteiger partial charge in [0.25, 0.3) is 0 Å². The van der Waals surface area contributed by atoms with Crippen molar-refractivity contribution >= 4 is 27.7 Å². The second-order valence-corrected chi connectivity index (χ2v) is 7.66. The molecule has 1 saturated carbocycles. The Kier molecular flexibility index (Phi) is 5.16. The summed E-state index contributed by atoms with van der Waals surface area (Å²) < 4.78 is 1.17. The topological polar surface area (TPSA) is 12.0 Å². The Morgan fingerprint density at radius 2 is 2.06 bits per heavy atom. The van der Waals surface area contributed by atoms with Crippen molar-refractivity contribution in [2.75, 3.05) is 7.05 Å². The first-order valence-corrected chi connectivity index (χ1v) is 8.37. The Hall–Kier alpha value is 0.01000. The molecule has 0 saturated heterocycles. The number of nitrogens with one attached hydrogen (secondary N) is 1. The average molecular weight is 328 g/mol. The van der Waals surface area contributed by atoms with Crippen molar-refractivity contribution in [1.29, 1.82) is 0 Å². The maximum Gasteiger partial charge on any atom is 0.0274 e. The highest BCUT2D eigenvalue weighted by molar-refractivity contribution is 9.10. The summed E-state index contributed by atoms with van der Waals surface area (Å²) >= 11 is 5.58. The van der Waals surface area contributed by atoms with Gasteiger partial charge in [-0.1, -0.05) is 35.8 Å². The van der Waals surface area contributed by atoms with E-state index in [-0.39, 0.29) is 0 Å². The Morgan fingerprint density at radius 3 is 2.72 bits per heavy atom. The Balaban J connectivity index is 2.10. The minimum Gasteiger partial charge on any atom is -0.316 e. The van der Waals surface area contributed by atoms with Gasteiger partial charge in [-0.15, -0.1) is 11.8 Å². The van der Waals surface area contributed by atoms with Crippen LogP contribution in [0, 0.1) is 11.8 Å². The molecule has 100 valence electrons. The molecule has 1 nitrogen and oxygen atoms in total. The number of halogens is 1. The zero-order valence-electron chi connectivity index (χ0n) is 11.3. The average Bonchev–Trinajstić information content (AvgIpc) is 2.32. The smallest absolute Gasteiger partial charge is 0.0274 e. The monoisotopic (exact) mass is 327 g/mol. The summed E-state index contributed by atoms with van der Waals surface area (Å²) in [5.74, 6) is 1.62. The van der Waals surface area contributed by atoms with E-state index in [1.54, 1.807) is 0 Å². The van der Waals surface area contributed by atoms with Gasteiger partial charge in [-0.2, -0.15) is 0 Å². The third kappa shape index (κ3) is 3.52. The van der Waals surface area contributed by atoms with E-state index in [2.05, 4.69) is 66.4 Å². The Morgan fingerprint density at radius 1 is 1.28 bits per heavy atom. The molecule has 0 bridgehead atoms. The van der Waals surface area contributed by atoms with E-state index in [9.17, 15) is 0 Å². The number of hydrogen-bond donors (Lipinski definition) is 1. The van der Waals surface area contributed by atoms with E-state index in [0.717, 1.165) is 11.8 Å². The molecule has 1 fully saturated rings. The van der Waals surface area contributed by atoms with E-state index < -0.39 is 0 Å². The van der Waals surface area contributed by atoms with Crippen molar-refractivity contribution in [2.24, 2.45) is 11.8 Å². The van der Waals surface area contributed by atoms with Crippen LogP contribution in [-0.2, 0) is 0 Å². The molecule has 4 atom stereocenters. The van der Waals surface area contributed by atoms with Gasteiger partial charge in [0.1, 0.15) is 0 Å². The van der Waals surface area contributed by atoms with Gasteiger partial charge in [-0.3, -0.25) is 0 Å². The van der Waals surface area contributed by atoms with Gasteiger partial charge in [0.05, 0.1) is 0 Å². The molecule has 1 aromatic carbocycles. The van der Waals surface area contributed by atoms with Crippen molar-refractivity contribution in [2.45, 2.75) is 42.9 Å². The fourth-order valence-electron chi connectivity index (χ4n) is 3.01. The second kappa shape index (κ2) is 6.44. The quantitative estimate of drug-likeness (QED) is 0.873. The molecule has 0 heterocycles. The molecule has 4 unspecified atom stereocenters. The highest BCUT2D eigenvalue weighted by Gasteiger charge is 2.33. The van der Waals surface area contributed by atoms with Crippen LogP contribution in [0.25, 0.3) is 0 Å². The first-order chi connectivity index (χ1) is 8.60. The summed E-state index contributed by atoms with van der Waals surface area (Å²) in [5, 5.41) is 4.20. The SMILES string of the molecule is CNC1CC(C)CC(C)C1Sc1cccc(Br)c1. The number of rotatable bonds is 3. The first-order valence-electron chi connectivity index (χ1n) is 6.69. The zero-order chi connectivity index (χ0) is 13.1. The van der Waals surface area contributed by atoms with Crippen molar-refractivity contribution in [1.82, 2.24) is 5.32 Å². The molecule has 18 heavy (non-hydrogen) atoms. The van der Waals surface area contributed by atoms with E-state index >= 15 is 0 Å². The third-order valence-corrected chi connectivity index (χ3v) is 5.91. The van der Waals surface area contributed by atoms with Crippen LogP contribution in [0.1, 0.15) is 26.7 Å². The van der Waals surface area contributed by atoms with Gasteiger partial charge in [0.15, 0.2) is 0 Å². The van der Waals surface area contributed by atoms with Gasteiger partial charge >= 0.3 is 0 Å². The van der Waals surface area contributed by atoms with Gasteiger partial charge in [-0.25, -0.2) is 0 Å². The minimum atomic E-state index is 0.632. The molecule has 0 aliphatic heterocycles. The fraction of sp³-hybridized carbons (Fsp3) is 0.600. The molecule has 1 aliphatic carbocycles. The molecule has 3 heteroatoms. The van der Waals surface area contributed by atoms with E-state index in [1.807, 2.05) is 11.8 Å². The van der Waals surface area contributed by atoms with Crippen LogP contribution in [0.3, 0.4) is 0 Å². The molecule has 0 radical (unpaired) electrons. The summed E-state index contributed by atoms with van der Waals surface area (Å²) in [6, 6.07) is 9.28. The van der Waals surface area contributed by atoms with Crippen molar-refractivity contribution in [3.8, 4) is 0 Å². The fourth-order valence-corrected chi connectivity index (χ4v) is 4.98. The van der Waals surface area contributed by atoms with Gasteiger partial charge in [0.2, 0.25) is 0 Å². The largest absolute Gasteiger partial charge is 0.316 e. The standard InChI is InChI=1S/C15H22BrNS/c1-10-7-11(2)15(14(8-10)17-3)18-13-6-4-5-12(16)9-13/h4-6,9-11,14-15,17H,7-8H2,1-3H3. The van der Waals surface area contributed by atoms with Crippen LogP contribution in [0.15, 0.2) is 33.6 Å². The number of benzene rings is 1. The second-order valence-electron chi connectivity index (χ2n) is 5.49. The molecule has 1 aliphatic rings. The molecule has 0 aromatic heterocycles. The molecular formula is C15H22BrNS. The van der Waals surface area contributed by atoms with Gasteiger partial charge < -0.3 is 5.32 Å². The third-order valence-electron chi connectivity index (χ3n) is 3.83. The molecular weight excluding hydrogens is 306 g/mol. The van der Waals surface area contributed by atoms with Crippen LogP contribution < -0.4 is 5.32 Å². The zero-order valence-corrected chi connectivity index (χ0v) is 13.7. The predicted octanol–water partition coefficient (Wildman–Crippen LogP) is 4.56. The highest BCUT2D eigenvalue weighted by Crippen LogP contribution is 2.40.